The van der Waals surface area contributed by atoms with Crippen LogP contribution < -0.4 is 4.90 Å². The molecule has 5 nitrogen and oxygen atoms in total. The predicted octanol–water partition coefficient (Wildman–Crippen LogP) is 2.06. The quantitative estimate of drug-likeness (QED) is 0.863. The van der Waals surface area contributed by atoms with Gasteiger partial charge in [-0.3, -0.25) is 0 Å². The molecule has 0 unspecified atom stereocenters. The number of hydrogen-bond donors (Lipinski definition) is 0. The monoisotopic (exact) mass is 291 g/mol. The van der Waals surface area contributed by atoms with Gasteiger partial charge in [0.25, 0.3) is 0 Å². The third kappa shape index (κ3) is 2.98. The first-order valence-electron chi connectivity index (χ1n) is 6.61. The predicted molar refractivity (Wildman–Crippen MR) is 79.2 cm³/mol. The molecule has 1 aliphatic rings. The van der Waals surface area contributed by atoms with Crippen molar-refractivity contribution in [1.82, 2.24) is 9.36 Å². The first-order valence-corrected chi connectivity index (χ1v) is 7.39. The lowest BCUT2D eigenvalue weighted by molar-refractivity contribution is -0.0100. The van der Waals surface area contributed by atoms with Crippen LogP contribution >= 0.6 is 11.5 Å². The number of hydrogen-bond acceptors (Lipinski definition) is 6. The van der Waals surface area contributed by atoms with Crippen LogP contribution in [0.4, 0.5) is 5.13 Å². The molecule has 3 rings (SSSR count). The van der Waals surface area contributed by atoms with Crippen LogP contribution in [0.5, 0.6) is 0 Å². The van der Waals surface area contributed by atoms with Crippen LogP contribution in [0, 0.1) is 0 Å². The molecule has 1 aromatic carbocycles. The van der Waals surface area contributed by atoms with Crippen LogP contribution in [0.25, 0.3) is 11.4 Å². The van der Waals surface area contributed by atoms with Crippen molar-refractivity contribution in [2.75, 3.05) is 38.3 Å². The fourth-order valence-electron chi connectivity index (χ4n) is 2.23. The zero-order chi connectivity index (χ0) is 13.8. The zero-order valence-electron chi connectivity index (χ0n) is 11.4. The van der Waals surface area contributed by atoms with E-state index < -0.39 is 0 Å². The van der Waals surface area contributed by atoms with Crippen molar-refractivity contribution < 1.29 is 9.47 Å². The van der Waals surface area contributed by atoms with Crippen LogP contribution in [0.1, 0.15) is 0 Å². The minimum absolute atomic E-state index is 0.109. The first-order chi connectivity index (χ1) is 9.86. The van der Waals surface area contributed by atoms with Crippen molar-refractivity contribution in [3.63, 3.8) is 0 Å². The highest BCUT2D eigenvalue weighted by Crippen LogP contribution is 2.25. The lowest BCUT2D eigenvalue weighted by atomic mass is 10.2. The molecule has 2 heterocycles. The van der Waals surface area contributed by atoms with Crippen molar-refractivity contribution in [2.24, 2.45) is 0 Å². The molecular formula is C14H17N3O2S. The molecule has 0 spiro atoms. The van der Waals surface area contributed by atoms with Crippen LogP contribution in [-0.4, -0.2) is 48.9 Å². The van der Waals surface area contributed by atoms with Gasteiger partial charge in [0.1, 0.15) is 0 Å². The maximum absolute atomic E-state index is 5.65. The molecule has 0 radical (unpaired) electrons. The van der Waals surface area contributed by atoms with E-state index in [4.69, 9.17) is 9.47 Å². The van der Waals surface area contributed by atoms with E-state index >= 15 is 0 Å². The maximum atomic E-state index is 5.65. The Hall–Kier alpha value is -1.50. The molecule has 1 fully saturated rings. The fraction of sp³-hybridized carbons (Fsp3) is 0.429. The van der Waals surface area contributed by atoms with Gasteiger partial charge >= 0.3 is 0 Å². The number of morpholine rings is 1. The van der Waals surface area contributed by atoms with Gasteiger partial charge in [-0.05, 0) is 0 Å². The molecule has 1 atom stereocenters. The Labute approximate surface area is 122 Å². The molecule has 20 heavy (non-hydrogen) atoms. The summed E-state index contributed by atoms with van der Waals surface area (Å²) in [5, 5.41) is 0.952. The second kappa shape index (κ2) is 6.30. The van der Waals surface area contributed by atoms with Crippen LogP contribution in [-0.2, 0) is 9.47 Å². The molecule has 0 bridgehead atoms. The minimum Gasteiger partial charge on any atom is -0.382 e. The Kier molecular flexibility index (Phi) is 4.25. The smallest absolute Gasteiger partial charge is 0.205 e. The SMILES string of the molecule is COC[C@H]1CN(c2nc(-c3ccccc3)ns2)CCO1. The second-order valence-electron chi connectivity index (χ2n) is 4.66. The van der Waals surface area contributed by atoms with E-state index in [9.17, 15) is 0 Å². The van der Waals surface area contributed by atoms with Crippen molar-refractivity contribution >= 4 is 16.7 Å². The summed E-state index contributed by atoms with van der Waals surface area (Å²) >= 11 is 1.44. The molecule has 1 aliphatic heterocycles. The van der Waals surface area contributed by atoms with Gasteiger partial charge < -0.3 is 14.4 Å². The summed E-state index contributed by atoms with van der Waals surface area (Å²) in [6.07, 6.45) is 0.109. The van der Waals surface area contributed by atoms with Gasteiger partial charge in [-0.15, -0.1) is 0 Å². The van der Waals surface area contributed by atoms with Gasteiger partial charge in [0.2, 0.25) is 5.13 Å². The first kappa shape index (κ1) is 13.5. The topological polar surface area (TPSA) is 47.5 Å². The number of rotatable bonds is 4. The molecule has 106 valence electrons. The Balaban J connectivity index is 1.73. The third-order valence-electron chi connectivity index (χ3n) is 3.21. The number of methoxy groups -OCH3 is 1. The summed E-state index contributed by atoms with van der Waals surface area (Å²) in [5.41, 5.74) is 1.05. The summed E-state index contributed by atoms with van der Waals surface area (Å²) in [5.74, 6) is 0.792. The lowest BCUT2D eigenvalue weighted by Crippen LogP contribution is -2.44. The molecule has 6 heteroatoms. The zero-order valence-corrected chi connectivity index (χ0v) is 12.2. The average molecular weight is 291 g/mol. The Morgan fingerprint density at radius 3 is 3.05 bits per heavy atom. The van der Waals surface area contributed by atoms with Crippen LogP contribution in [0.3, 0.4) is 0 Å². The highest BCUT2D eigenvalue weighted by Gasteiger charge is 2.23. The van der Waals surface area contributed by atoms with Gasteiger partial charge in [-0.25, -0.2) is 0 Å². The van der Waals surface area contributed by atoms with E-state index in [1.54, 1.807) is 7.11 Å². The van der Waals surface area contributed by atoms with E-state index in [2.05, 4.69) is 14.3 Å². The van der Waals surface area contributed by atoms with Crippen molar-refractivity contribution in [3.05, 3.63) is 30.3 Å². The van der Waals surface area contributed by atoms with E-state index in [1.807, 2.05) is 30.3 Å². The molecule has 1 aromatic heterocycles. The van der Waals surface area contributed by atoms with Gasteiger partial charge in [0.05, 0.1) is 19.3 Å². The lowest BCUT2D eigenvalue weighted by Gasteiger charge is -2.31. The van der Waals surface area contributed by atoms with E-state index in [0.29, 0.717) is 13.2 Å². The maximum Gasteiger partial charge on any atom is 0.205 e. The van der Waals surface area contributed by atoms with Gasteiger partial charge in [-0.1, -0.05) is 30.3 Å². The van der Waals surface area contributed by atoms with Crippen molar-refractivity contribution in [2.45, 2.75) is 6.10 Å². The van der Waals surface area contributed by atoms with Crippen LogP contribution in [0.2, 0.25) is 0 Å². The number of anilines is 1. The van der Waals surface area contributed by atoms with Crippen molar-refractivity contribution in [3.8, 4) is 11.4 Å². The van der Waals surface area contributed by atoms with Gasteiger partial charge in [-0.2, -0.15) is 9.36 Å². The Morgan fingerprint density at radius 2 is 2.25 bits per heavy atom. The van der Waals surface area contributed by atoms with E-state index in [1.165, 1.54) is 11.5 Å². The molecule has 0 amide bonds. The molecule has 1 saturated heterocycles. The third-order valence-corrected chi connectivity index (χ3v) is 3.99. The average Bonchev–Trinajstić information content (AvgIpc) is 2.99. The van der Waals surface area contributed by atoms with Gasteiger partial charge in [0, 0.05) is 37.3 Å². The van der Waals surface area contributed by atoms with Gasteiger partial charge in [0.15, 0.2) is 5.82 Å². The highest BCUT2D eigenvalue weighted by atomic mass is 32.1. The number of ether oxygens (including phenoxy) is 2. The Morgan fingerprint density at radius 1 is 1.40 bits per heavy atom. The highest BCUT2D eigenvalue weighted by molar-refractivity contribution is 7.09. The largest absolute Gasteiger partial charge is 0.382 e. The fourth-order valence-corrected chi connectivity index (χ4v) is 2.95. The summed E-state index contributed by atoms with van der Waals surface area (Å²) in [4.78, 5) is 6.86. The molecule has 0 saturated carbocycles. The van der Waals surface area contributed by atoms with Crippen molar-refractivity contribution in [1.29, 1.82) is 0 Å². The van der Waals surface area contributed by atoms with E-state index in [-0.39, 0.29) is 6.10 Å². The summed E-state index contributed by atoms with van der Waals surface area (Å²) in [7, 11) is 1.70. The van der Waals surface area contributed by atoms with E-state index in [0.717, 1.165) is 29.6 Å². The number of benzene rings is 1. The molecule has 2 aromatic rings. The van der Waals surface area contributed by atoms with Crippen LogP contribution in [0.15, 0.2) is 30.3 Å². The number of nitrogens with zero attached hydrogens (tertiary/aromatic N) is 3. The Bertz CT molecular complexity index is 544. The molecular weight excluding hydrogens is 274 g/mol. The normalized spacial score (nSPS) is 19.2. The second-order valence-corrected chi connectivity index (χ2v) is 5.39. The number of aromatic nitrogens is 2. The minimum atomic E-state index is 0.109. The summed E-state index contributed by atoms with van der Waals surface area (Å²) in [6.45, 7) is 2.97. The standard InChI is InChI=1S/C14H17N3O2S/c1-18-10-12-9-17(7-8-19-12)14-15-13(16-20-14)11-5-3-2-4-6-11/h2-6,12H,7-10H2,1H3/t12-/m1/s1. The molecule has 0 N–H and O–H groups in total. The molecule has 0 aliphatic carbocycles. The summed E-state index contributed by atoms with van der Waals surface area (Å²) < 4.78 is 15.3. The summed E-state index contributed by atoms with van der Waals surface area (Å²) in [6, 6.07) is 10.0.